The van der Waals surface area contributed by atoms with Crippen LogP contribution >= 0.6 is 22.6 Å². The van der Waals surface area contributed by atoms with Gasteiger partial charge in [0.25, 0.3) is 0 Å². The summed E-state index contributed by atoms with van der Waals surface area (Å²) in [6.07, 6.45) is 1.86. The van der Waals surface area contributed by atoms with Crippen molar-refractivity contribution in [1.82, 2.24) is 10.2 Å². The Labute approximate surface area is 225 Å². The Hall–Kier alpha value is -1.84. The van der Waals surface area contributed by atoms with Crippen LogP contribution in [0.5, 0.6) is 0 Å². The largest absolute Gasteiger partial charge is 0.459 e. The molecule has 1 unspecified atom stereocenters. The van der Waals surface area contributed by atoms with Crippen LogP contribution in [-0.4, -0.2) is 52.5 Å². The summed E-state index contributed by atoms with van der Waals surface area (Å²) in [5.74, 6) is 0.195. The van der Waals surface area contributed by atoms with Gasteiger partial charge < -0.3 is 19.7 Å². The number of carbonyl (C=O) groups excluding carboxylic acids is 3. The van der Waals surface area contributed by atoms with E-state index in [1.807, 2.05) is 35.3 Å². The molecule has 0 saturated carbocycles. The zero-order valence-electron chi connectivity index (χ0n) is 22.7. The van der Waals surface area contributed by atoms with E-state index in [1.54, 1.807) is 20.8 Å². The summed E-state index contributed by atoms with van der Waals surface area (Å²) in [5.41, 5.74) is 0.256. The van der Waals surface area contributed by atoms with Crippen molar-refractivity contribution in [3.05, 3.63) is 35.9 Å². The predicted molar refractivity (Wildman–Crippen MR) is 149 cm³/mol. The van der Waals surface area contributed by atoms with Gasteiger partial charge in [0, 0.05) is 6.54 Å². The second-order valence-electron chi connectivity index (χ2n) is 10.1. The fourth-order valence-electron chi connectivity index (χ4n) is 3.51. The molecular formula is C27H45IN2O5. The van der Waals surface area contributed by atoms with E-state index < -0.39 is 23.7 Å². The molecule has 1 saturated heterocycles. The van der Waals surface area contributed by atoms with Gasteiger partial charge >= 0.3 is 12.1 Å². The Bertz CT molecular complexity index is 747. The highest BCUT2D eigenvalue weighted by Crippen LogP contribution is 2.29. The third-order valence-electron chi connectivity index (χ3n) is 4.75. The van der Waals surface area contributed by atoms with Crippen LogP contribution in [0.3, 0.4) is 0 Å². The maximum absolute atomic E-state index is 12.8. The number of hydrogen-bond donors (Lipinski definition) is 1. The third kappa shape index (κ3) is 14.3. The molecule has 1 N–H and O–H groups in total. The highest BCUT2D eigenvalue weighted by molar-refractivity contribution is 14.1. The third-order valence-corrected chi connectivity index (χ3v) is 4.75. The lowest BCUT2D eigenvalue weighted by Crippen LogP contribution is -2.48. The van der Waals surface area contributed by atoms with E-state index in [1.165, 1.54) is 4.90 Å². The number of nitrogens with one attached hydrogen (secondary N) is 1. The van der Waals surface area contributed by atoms with Crippen molar-refractivity contribution in [3.63, 3.8) is 0 Å². The molecule has 35 heavy (non-hydrogen) atoms. The smallest absolute Gasteiger partial charge is 0.408 e. The number of ether oxygens (including phenoxy) is 2. The number of rotatable bonds is 7. The summed E-state index contributed by atoms with van der Waals surface area (Å²) in [6.45, 7) is 14.3. The van der Waals surface area contributed by atoms with Crippen molar-refractivity contribution in [2.75, 3.05) is 18.0 Å². The minimum Gasteiger partial charge on any atom is -0.459 e. The van der Waals surface area contributed by atoms with Crippen LogP contribution in [0.1, 0.15) is 73.3 Å². The van der Waals surface area contributed by atoms with E-state index in [0.717, 1.165) is 30.7 Å². The predicted octanol–water partition coefficient (Wildman–Crippen LogP) is 5.99. The number of alkyl halides is 1. The van der Waals surface area contributed by atoms with Gasteiger partial charge in [-0.25, -0.2) is 9.59 Å². The zero-order chi connectivity index (χ0) is 27.0. The Morgan fingerprint density at radius 3 is 2.20 bits per heavy atom. The van der Waals surface area contributed by atoms with Crippen molar-refractivity contribution in [2.45, 2.75) is 86.0 Å². The number of alkyl carbamates (subject to hydrolysis) is 1. The standard InChI is InChI=1S/C22H32N2O5.C4H10.CH3I/c1-5-9-17-12-13-24(18(25)14-23-21(27)29-22(2,3)4)19(17)20(26)28-15-16-10-7-6-8-11-16;1-4(2)3;1-2/h6-8,10-11,17,19H,5,9,12-15H2,1-4H3,(H,23,27);4H,1-3H3;1H3/t17-,19?;;/m0../s1. The number of likely N-dealkylation sites (tertiary alicyclic amines) is 1. The molecule has 1 heterocycles. The molecule has 1 aromatic carbocycles. The SMILES string of the molecule is CC(C)C.CCC[C@H]1CCN(C(=O)CNC(=O)OC(C)(C)C)C1C(=O)OCc1ccccc1.CI. The lowest BCUT2D eigenvalue weighted by molar-refractivity contribution is -0.155. The van der Waals surface area contributed by atoms with Gasteiger partial charge in [-0.05, 0) is 55.9 Å². The number of esters is 1. The summed E-state index contributed by atoms with van der Waals surface area (Å²) in [6, 6.07) is 8.83. The molecule has 1 aliphatic rings. The number of hydrogen-bond acceptors (Lipinski definition) is 5. The van der Waals surface area contributed by atoms with Crippen LogP contribution in [-0.2, 0) is 25.7 Å². The lowest BCUT2D eigenvalue weighted by Gasteiger charge is -2.27. The maximum Gasteiger partial charge on any atom is 0.408 e. The van der Waals surface area contributed by atoms with Crippen molar-refractivity contribution in [3.8, 4) is 0 Å². The quantitative estimate of drug-likeness (QED) is 0.235. The molecule has 8 heteroatoms. The second kappa shape index (κ2) is 17.6. The van der Waals surface area contributed by atoms with E-state index in [9.17, 15) is 14.4 Å². The molecule has 7 nitrogen and oxygen atoms in total. The van der Waals surface area contributed by atoms with E-state index in [-0.39, 0.29) is 25.0 Å². The van der Waals surface area contributed by atoms with Gasteiger partial charge in [-0.2, -0.15) is 0 Å². The van der Waals surface area contributed by atoms with Crippen molar-refractivity contribution < 1.29 is 23.9 Å². The Balaban J connectivity index is 0.00000174. The van der Waals surface area contributed by atoms with Crippen LogP contribution in [0.25, 0.3) is 0 Å². The summed E-state index contributed by atoms with van der Waals surface area (Å²) in [4.78, 5) is 40.8. The summed E-state index contributed by atoms with van der Waals surface area (Å²) in [7, 11) is 0. The minimum absolute atomic E-state index is 0.0637. The van der Waals surface area contributed by atoms with Gasteiger partial charge in [0.15, 0.2) is 0 Å². The van der Waals surface area contributed by atoms with Gasteiger partial charge in [-0.15, -0.1) is 0 Å². The normalized spacial score (nSPS) is 16.9. The van der Waals surface area contributed by atoms with E-state index in [4.69, 9.17) is 9.47 Å². The van der Waals surface area contributed by atoms with E-state index in [0.29, 0.717) is 6.54 Å². The maximum atomic E-state index is 12.8. The van der Waals surface area contributed by atoms with E-state index in [2.05, 4.69) is 55.6 Å². The molecule has 2 atom stereocenters. The summed E-state index contributed by atoms with van der Waals surface area (Å²) < 4.78 is 10.7. The molecule has 1 aromatic rings. The molecule has 0 radical (unpaired) electrons. The molecule has 2 amide bonds. The first-order valence-electron chi connectivity index (χ1n) is 12.3. The van der Waals surface area contributed by atoms with Crippen molar-refractivity contribution in [1.29, 1.82) is 0 Å². The van der Waals surface area contributed by atoms with Gasteiger partial charge in [-0.1, -0.05) is 87.0 Å². The average Bonchev–Trinajstić information content (AvgIpc) is 3.20. The fourth-order valence-corrected chi connectivity index (χ4v) is 3.51. The first-order chi connectivity index (χ1) is 16.4. The number of nitrogens with zero attached hydrogens (tertiary/aromatic N) is 1. The monoisotopic (exact) mass is 604 g/mol. The average molecular weight is 605 g/mol. The molecule has 0 aromatic heterocycles. The number of carbonyl (C=O) groups is 3. The van der Waals surface area contributed by atoms with Gasteiger partial charge in [0.2, 0.25) is 5.91 Å². The molecule has 2 rings (SSSR count). The fraction of sp³-hybridized carbons (Fsp3) is 0.667. The Kier molecular flexibility index (Phi) is 16.6. The molecule has 0 spiro atoms. The van der Waals surface area contributed by atoms with Crippen LogP contribution in [0, 0.1) is 11.8 Å². The number of halogens is 1. The van der Waals surface area contributed by atoms with Gasteiger partial charge in [0.05, 0.1) is 0 Å². The Morgan fingerprint density at radius 1 is 1.11 bits per heavy atom. The first-order valence-corrected chi connectivity index (χ1v) is 14.4. The molecular weight excluding hydrogens is 559 g/mol. The Morgan fingerprint density at radius 2 is 1.69 bits per heavy atom. The highest BCUT2D eigenvalue weighted by Gasteiger charge is 2.42. The van der Waals surface area contributed by atoms with Gasteiger partial charge in [-0.3, -0.25) is 4.79 Å². The minimum atomic E-state index is -0.654. The van der Waals surface area contributed by atoms with Gasteiger partial charge in [0.1, 0.15) is 24.8 Å². The molecule has 0 bridgehead atoms. The number of benzene rings is 1. The van der Waals surface area contributed by atoms with Crippen LogP contribution < -0.4 is 5.32 Å². The highest BCUT2D eigenvalue weighted by atomic mass is 127. The molecule has 1 fully saturated rings. The summed E-state index contributed by atoms with van der Waals surface area (Å²) in [5, 5.41) is 2.48. The molecule has 200 valence electrons. The molecule has 0 aliphatic carbocycles. The van der Waals surface area contributed by atoms with Crippen molar-refractivity contribution >= 4 is 40.6 Å². The van der Waals surface area contributed by atoms with Crippen LogP contribution in [0.15, 0.2) is 30.3 Å². The van der Waals surface area contributed by atoms with Crippen molar-refractivity contribution in [2.24, 2.45) is 11.8 Å². The second-order valence-corrected chi connectivity index (χ2v) is 10.1. The lowest BCUT2D eigenvalue weighted by atomic mass is 9.95. The van der Waals surface area contributed by atoms with E-state index >= 15 is 0 Å². The topological polar surface area (TPSA) is 84.9 Å². The summed E-state index contributed by atoms with van der Waals surface area (Å²) >= 11 is 2.15. The molecule has 1 aliphatic heterocycles. The zero-order valence-corrected chi connectivity index (χ0v) is 24.9. The first kappa shape index (κ1) is 33.2. The number of amides is 2. The van der Waals surface area contributed by atoms with Crippen LogP contribution in [0.4, 0.5) is 4.79 Å². The van der Waals surface area contributed by atoms with Crippen LogP contribution in [0.2, 0.25) is 0 Å².